The zero-order chi connectivity index (χ0) is 18.6. The Morgan fingerprint density at radius 3 is 2.58 bits per heavy atom. The molecule has 0 radical (unpaired) electrons. The summed E-state index contributed by atoms with van der Waals surface area (Å²) in [5, 5.41) is 7.68. The molecule has 0 aliphatic carbocycles. The topological polar surface area (TPSA) is 112 Å². The Bertz CT molecular complexity index is 1010. The van der Waals surface area contributed by atoms with E-state index in [1.807, 2.05) is 18.2 Å². The molecule has 0 saturated carbocycles. The molecular formula is C18H16N2O5S. The molecule has 134 valence electrons. The van der Waals surface area contributed by atoms with Crippen molar-refractivity contribution in [2.75, 3.05) is 5.32 Å². The monoisotopic (exact) mass is 372 g/mol. The molecule has 0 unspecified atom stereocenters. The van der Waals surface area contributed by atoms with Crippen molar-refractivity contribution in [2.24, 2.45) is 5.14 Å². The van der Waals surface area contributed by atoms with Crippen LogP contribution in [0.5, 0.6) is 5.75 Å². The quantitative estimate of drug-likeness (QED) is 0.691. The Morgan fingerprint density at radius 2 is 1.85 bits per heavy atom. The normalized spacial score (nSPS) is 11.1. The van der Waals surface area contributed by atoms with Gasteiger partial charge in [0.25, 0.3) is 5.91 Å². The van der Waals surface area contributed by atoms with Crippen molar-refractivity contribution in [2.45, 2.75) is 11.5 Å². The molecule has 26 heavy (non-hydrogen) atoms. The largest absolute Gasteiger partial charge is 0.489 e. The summed E-state index contributed by atoms with van der Waals surface area (Å²) in [5.41, 5.74) is 0.849. The number of anilines is 1. The van der Waals surface area contributed by atoms with Crippen LogP contribution in [-0.4, -0.2) is 14.3 Å². The van der Waals surface area contributed by atoms with Gasteiger partial charge in [-0.1, -0.05) is 24.3 Å². The second-order valence-electron chi connectivity index (χ2n) is 5.40. The van der Waals surface area contributed by atoms with Gasteiger partial charge in [-0.3, -0.25) is 4.79 Å². The molecule has 0 saturated heterocycles. The van der Waals surface area contributed by atoms with Crippen LogP contribution in [0.3, 0.4) is 0 Å². The lowest BCUT2D eigenvalue weighted by Gasteiger charge is -2.08. The summed E-state index contributed by atoms with van der Waals surface area (Å²) in [4.78, 5) is 12.3. The van der Waals surface area contributed by atoms with Crippen molar-refractivity contribution in [3.63, 3.8) is 0 Å². The van der Waals surface area contributed by atoms with Gasteiger partial charge in [-0.2, -0.15) is 0 Å². The first-order valence-corrected chi connectivity index (χ1v) is 9.16. The van der Waals surface area contributed by atoms with Crippen LogP contribution in [0.4, 0.5) is 5.69 Å². The van der Waals surface area contributed by atoms with Gasteiger partial charge in [-0.15, -0.1) is 0 Å². The number of hydrogen-bond donors (Lipinski definition) is 2. The first kappa shape index (κ1) is 17.7. The minimum Gasteiger partial charge on any atom is -0.489 e. The Labute approximate surface area is 150 Å². The predicted molar refractivity (Wildman–Crippen MR) is 95.3 cm³/mol. The van der Waals surface area contributed by atoms with Crippen molar-refractivity contribution in [3.05, 3.63) is 78.3 Å². The molecule has 0 atom stereocenters. The van der Waals surface area contributed by atoms with Gasteiger partial charge in [0.1, 0.15) is 12.4 Å². The van der Waals surface area contributed by atoms with E-state index in [0.717, 1.165) is 0 Å². The van der Waals surface area contributed by atoms with Crippen LogP contribution in [0.25, 0.3) is 0 Å². The van der Waals surface area contributed by atoms with Crippen LogP contribution in [0.15, 0.2) is 76.2 Å². The second-order valence-corrected chi connectivity index (χ2v) is 6.97. The van der Waals surface area contributed by atoms with E-state index in [2.05, 4.69) is 5.32 Å². The third-order valence-corrected chi connectivity index (χ3v) is 4.42. The number of carbonyl (C=O) groups excluding carboxylic acids is 1. The van der Waals surface area contributed by atoms with Gasteiger partial charge in [-0.25, -0.2) is 13.6 Å². The van der Waals surface area contributed by atoms with Crippen LogP contribution < -0.4 is 15.2 Å². The Balaban J connectivity index is 1.72. The van der Waals surface area contributed by atoms with E-state index in [4.69, 9.17) is 14.3 Å². The maximum atomic E-state index is 12.4. The van der Waals surface area contributed by atoms with Crippen LogP contribution >= 0.6 is 0 Å². The Morgan fingerprint density at radius 1 is 1.08 bits per heavy atom. The molecule has 3 N–H and O–H groups in total. The van der Waals surface area contributed by atoms with Gasteiger partial charge < -0.3 is 14.5 Å². The van der Waals surface area contributed by atoms with E-state index in [9.17, 15) is 13.2 Å². The Kier molecular flexibility index (Phi) is 5.06. The lowest BCUT2D eigenvalue weighted by Crippen LogP contribution is -2.15. The van der Waals surface area contributed by atoms with E-state index in [1.54, 1.807) is 24.3 Å². The predicted octanol–water partition coefficient (Wildman–Crippen LogP) is 2.76. The average Bonchev–Trinajstić information content (AvgIpc) is 3.09. The highest BCUT2D eigenvalue weighted by molar-refractivity contribution is 7.89. The third kappa shape index (κ3) is 4.29. The lowest BCUT2D eigenvalue weighted by molar-refractivity contribution is 0.0993. The molecule has 1 heterocycles. The zero-order valence-electron chi connectivity index (χ0n) is 13.6. The second kappa shape index (κ2) is 7.42. The fourth-order valence-corrected chi connectivity index (χ4v) is 2.82. The molecule has 2 aromatic carbocycles. The van der Waals surface area contributed by atoms with Crippen LogP contribution in [0.2, 0.25) is 0 Å². The number of carbonyl (C=O) groups is 1. The Hall–Kier alpha value is -3.10. The van der Waals surface area contributed by atoms with Gasteiger partial charge in [0.15, 0.2) is 5.76 Å². The zero-order valence-corrected chi connectivity index (χ0v) is 14.4. The first-order valence-electron chi connectivity index (χ1n) is 7.62. The molecule has 3 rings (SSSR count). The summed E-state index contributed by atoms with van der Waals surface area (Å²) >= 11 is 0. The summed E-state index contributed by atoms with van der Waals surface area (Å²) in [6, 6.07) is 16.5. The number of rotatable bonds is 6. The molecule has 0 fully saturated rings. The highest BCUT2D eigenvalue weighted by Gasteiger charge is 2.17. The van der Waals surface area contributed by atoms with Crippen molar-refractivity contribution in [3.8, 4) is 5.75 Å². The number of amides is 1. The molecular weight excluding hydrogens is 356 g/mol. The summed E-state index contributed by atoms with van der Waals surface area (Å²) in [6.07, 6.45) is 1.39. The molecule has 8 heteroatoms. The van der Waals surface area contributed by atoms with E-state index in [0.29, 0.717) is 11.3 Å². The molecule has 7 nitrogen and oxygen atoms in total. The summed E-state index contributed by atoms with van der Waals surface area (Å²) in [5.74, 6) is 0.232. The van der Waals surface area contributed by atoms with Gasteiger partial charge in [0.2, 0.25) is 10.0 Å². The number of ether oxygens (including phenoxy) is 1. The number of sulfonamides is 1. The van der Waals surface area contributed by atoms with E-state index >= 15 is 0 Å². The highest BCUT2D eigenvalue weighted by Crippen LogP contribution is 2.19. The molecule has 0 aliphatic heterocycles. The number of benzene rings is 2. The molecule has 1 amide bonds. The maximum Gasteiger partial charge on any atom is 0.291 e. The van der Waals surface area contributed by atoms with E-state index < -0.39 is 15.9 Å². The van der Waals surface area contributed by atoms with Crippen molar-refractivity contribution in [1.82, 2.24) is 0 Å². The maximum absolute atomic E-state index is 12.4. The fourth-order valence-electron chi connectivity index (χ4n) is 2.27. The third-order valence-electron chi connectivity index (χ3n) is 3.51. The highest BCUT2D eigenvalue weighted by atomic mass is 32.2. The number of nitrogens with one attached hydrogen (secondary N) is 1. The molecule has 0 bridgehead atoms. The van der Waals surface area contributed by atoms with Crippen molar-refractivity contribution in [1.29, 1.82) is 0 Å². The lowest BCUT2D eigenvalue weighted by atomic mass is 10.2. The smallest absolute Gasteiger partial charge is 0.291 e. The van der Waals surface area contributed by atoms with Gasteiger partial charge >= 0.3 is 0 Å². The fraction of sp³-hybridized carbons (Fsp3) is 0.0556. The number of para-hydroxylation sites is 1. The van der Waals surface area contributed by atoms with E-state index in [1.165, 1.54) is 24.5 Å². The summed E-state index contributed by atoms with van der Waals surface area (Å²) in [6.45, 7) is 0.153. The SMILES string of the molecule is NS(=O)(=O)c1cccc(NC(=O)c2occc2COc2ccccc2)c1. The van der Waals surface area contributed by atoms with Gasteiger partial charge in [0.05, 0.1) is 11.2 Å². The standard InChI is InChI=1S/C18H16N2O5S/c19-26(22,23)16-8-4-5-14(11-16)20-18(21)17-13(9-10-24-17)12-25-15-6-2-1-3-7-15/h1-11H,12H2,(H,20,21)(H2,19,22,23). The summed E-state index contributed by atoms with van der Waals surface area (Å²) < 4.78 is 33.7. The number of furan rings is 1. The van der Waals surface area contributed by atoms with Crippen molar-refractivity contribution >= 4 is 21.6 Å². The summed E-state index contributed by atoms with van der Waals surface area (Å²) in [7, 11) is -3.86. The van der Waals surface area contributed by atoms with E-state index in [-0.39, 0.29) is 22.9 Å². The number of nitrogens with two attached hydrogens (primary N) is 1. The average molecular weight is 372 g/mol. The van der Waals surface area contributed by atoms with Crippen LogP contribution in [0, 0.1) is 0 Å². The van der Waals surface area contributed by atoms with Gasteiger partial charge in [-0.05, 0) is 36.4 Å². The molecule has 3 aromatic rings. The number of primary sulfonamides is 1. The minimum atomic E-state index is -3.86. The van der Waals surface area contributed by atoms with Crippen LogP contribution in [0.1, 0.15) is 16.1 Å². The molecule has 1 aromatic heterocycles. The van der Waals surface area contributed by atoms with Crippen LogP contribution in [-0.2, 0) is 16.6 Å². The number of hydrogen-bond acceptors (Lipinski definition) is 5. The molecule has 0 aliphatic rings. The van der Waals surface area contributed by atoms with Gasteiger partial charge in [0, 0.05) is 11.3 Å². The van der Waals surface area contributed by atoms with Crippen molar-refractivity contribution < 1.29 is 22.4 Å². The first-order chi connectivity index (χ1) is 12.4. The minimum absolute atomic E-state index is 0.0851. The molecule has 0 spiro atoms.